The molecule has 0 radical (unpaired) electrons. The zero-order valence-corrected chi connectivity index (χ0v) is 17.9. The SMILES string of the molecule is COC(=O)C1=C(CN2CCN(c3cccc(C)c3)CC2)NC(=O)N[C@@H]1c1ccccc1. The third-order valence-corrected chi connectivity index (χ3v) is 5.81. The molecule has 2 N–H and O–H groups in total. The Morgan fingerprint density at radius 3 is 2.48 bits per heavy atom. The largest absolute Gasteiger partial charge is 0.466 e. The molecule has 0 unspecified atom stereocenters. The molecule has 2 aromatic rings. The average molecular weight is 421 g/mol. The van der Waals surface area contributed by atoms with Crippen molar-refractivity contribution >= 4 is 17.7 Å². The number of piperazine rings is 1. The molecule has 2 aromatic carbocycles. The van der Waals surface area contributed by atoms with Crippen molar-refractivity contribution in [3.63, 3.8) is 0 Å². The standard InChI is InChI=1S/C24H28N4O3/c1-17-7-6-10-19(15-17)28-13-11-27(12-14-28)16-20-21(23(29)31-2)22(26-24(30)25-20)18-8-4-3-5-9-18/h3-10,15,22H,11-14,16H2,1-2H3,(H2,25,26,30)/t22-/m1/s1. The van der Waals surface area contributed by atoms with Crippen LogP contribution in [0.3, 0.4) is 0 Å². The Bertz CT molecular complexity index is 981. The summed E-state index contributed by atoms with van der Waals surface area (Å²) in [6.07, 6.45) is 0. The minimum Gasteiger partial charge on any atom is -0.466 e. The molecule has 4 rings (SSSR count). The molecule has 2 heterocycles. The maximum Gasteiger partial charge on any atom is 0.338 e. The van der Waals surface area contributed by atoms with E-state index in [1.54, 1.807) is 0 Å². The summed E-state index contributed by atoms with van der Waals surface area (Å²) >= 11 is 0. The first-order valence-electron chi connectivity index (χ1n) is 10.5. The van der Waals surface area contributed by atoms with Gasteiger partial charge in [-0.05, 0) is 30.2 Å². The van der Waals surface area contributed by atoms with Crippen LogP contribution in [0.25, 0.3) is 0 Å². The van der Waals surface area contributed by atoms with E-state index in [0.717, 1.165) is 31.7 Å². The van der Waals surface area contributed by atoms with Gasteiger partial charge in [0, 0.05) is 44.1 Å². The van der Waals surface area contributed by atoms with Gasteiger partial charge in [-0.2, -0.15) is 0 Å². The third-order valence-electron chi connectivity index (χ3n) is 5.81. The highest BCUT2D eigenvalue weighted by Gasteiger charge is 2.34. The van der Waals surface area contributed by atoms with E-state index in [-0.39, 0.29) is 6.03 Å². The highest BCUT2D eigenvalue weighted by atomic mass is 16.5. The van der Waals surface area contributed by atoms with Crippen molar-refractivity contribution in [2.45, 2.75) is 13.0 Å². The minimum absolute atomic E-state index is 0.310. The molecule has 7 nitrogen and oxygen atoms in total. The van der Waals surface area contributed by atoms with Crippen molar-refractivity contribution < 1.29 is 14.3 Å². The molecule has 7 heteroatoms. The molecule has 2 amide bonds. The molecule has 31 heavy (non-hydrogen) atoms. The van der Waals surface area contributed by atoms with Crippen LogP contribution in [0.1, 0.15) is 17.2 Å². The highest BCUT2D eigenvalue weighted by molar-refractivity contribution is 5.95. The predicted molar refractivity (Wildman–Crippen MR) is 120 cm³/mol. The molecule has 2 aliphatic rings. The summed E-state index contributed by atoms with van der Waals surface area (Å²) in [5.41, 5.74) is 4.38. The molecule has 0 aromatic heterocycles. The van der Waals surface area contributed by atoms with Gasteiger partial charge in [-0.1, -0.05) is 42.5 Å². The van der Waals surface area contributed by atoms with E-state index in [0.29, 0.717) is 17.8 Å². The second-order valence-electron chi connectivity index (χ2n) is 7.93. The van der Waals surface area contributed by atoms with Gasteiger partial charge in [0.1, 0.15) is 0 Å². The normalized spacial score (nSPS) is 19.6. The predicted octanol–water partition coefficient (Wildman–Crippen LogP) is 2.60. The van der Waals surface area contributed by atoms with Gasteiger partial charge in [0.2, 0.25) is 0 Å². The maximum atomic E-state index is 12.7. The Balaban J connectivity index is 1.53. The molecule has 1 atom stereocenters. The number of aryl methyl sites for hydroxylation is 1. The van der Waals surface area contributed by atoms with E-state index in [9.17, 15) is 9.59 Å². The molecule has 0 spiro atoms. The number of hydrogen-bond acceptors (Lipinski definition) is 5. The van der Waals surface area contributed by atoms with Crippen molar-refractivity contribution in [1.82, 2.24) is 15.5 Å². The second kappa shape index (κ2) is 9.22. The Labute approximate surface area is 182 Å². The Morgan fingerprint density at radius 1 is 1.06 bits per heavy atom. The Kier molecular flexibility index (Phi) is 6.23. The number of anilines is 1. The van der Waals surface area contributed by atoms with Crippen LogP contribution >= 0.6 is 0 Å². The summed E-state index contributed by atoms with van der Waals surface area (Å²) < 4.78 is 5.07. The van der Waals surface area contributed by atoms with Crippen LogP contribution in [0.4, 0.5) is 10.5 Å². The number of nitrogens with zero attached hydrogens (tertiary/aromatic N) is 2. The summed E-state index contributed by atoms with van der Waals surface area (Å²) in [6.45, 7) is 6.04. The van der Waals surface area contributed by atoms with Crippen molar-refractivity contribution in [2.75, 3.05) is 44.7 Å². The van der Waals surface area contributed by atoms with E-state index < -0.39 is 12.0 Å². The molecule has 0 saturated carbocycles. The first kappa shape index (κ1) is 20.9. The summed E-state index contributed by atoms with van der Waals surface area (Å²) in [4.78, 5) is 29.7. The fraction of sp³-hybridized carbons (Fsp3) is 0.333. The Morgan fingerprint density at radius 2 is 1.81 bits per heavy atom. The lowest BCUT2D eigenvalue weighted by molar-refractivity contribution is -0.136. The van der Waals surface area contributed by atoms with Crippen molar-refractivity contribution in [3.05, 3.63) is 77.0 Å². The molecule has 0 aliphatic carbocycles. The molecule has 162 valence electrons. The fourth-order valence-electron chi connectivity index (χ4n) is 4.20. The van der Waals surface area contributed by atoms with E-state index in [4.69, 9.17) is 4.74 Å². The van der Waals surface area contributed by atoms with Crippen LogP contribution in [-0.4, -0.2) is 56.7 Å². The fourth-order valence-corrected chi connectivity index (χ4v) is 4.20. The molecule has 1 fully saturated rings. The zero-order chi connectivity index (χ0) is 21.8. The summed E-state index contributed by atoms with van der Waals surface area (Å²) in [7, 11) is 1.37. The molecular formula is C24H28N4O3. The number of benzene rings is 2. The van der Waals surface area contributed by atoms with E-state index >= 15 is 0 Å². The summed E-state index contributed by atoms with van der Waals surface area (Å²) in [5.74, 6) is -0.435. The van der Waals surface area contributed by atoms with Gasteiger partial charge in [0.05, 0.1) is 18.7 Å². The van der Waals surface area contributed by atoms with Gasteiger partial charge in [-0.15, -0.1) is 0 Å². The van der Waals surface area contributed by atoms with Crippen molar-refractivity contribution in [3.8, 4) is 0 Å². The number of ether oxygens (including phenoxy) is 1. The zero-order valence-electron chi connectivity index (χ0n) is 17.9. The number of nitrogens with one attached hydrogen (secondary N) is 2. The molecular weight excluding hydrogens is 392 g/mol. The smallest absolute Gasteiger partial charge is 0.338 e. The van der Waals surface area contributed by atoms with Crippen LogP contribution < -0.4 is 15.5 Å². The number of methoxy groups -OCH3 is 1. The number of amides is 2. The minimum atomic E-state index is -0.536. The number of urea groups is 1. The van der Waals surface area contributed by atoms with E-state index in [1.165, 1.54) is 18.4 Å². The van der Waals surface area contributed by atoms with Crippen LogP contribution in [0.5, 0.6) is 0 Å². The first-order chi connectivity index (χ1) is 15.0. The second-order valence-corrected chi connectivity index (χ2v) is 7.93. The monoisotopic (exact) mass is 420 g/mol. The van der Waals surface area contributed by atoms with Gasteiger partial charge in [-0.3, -0.25) is 4.90 Å². The number of carbonyl (C=O) groups is 2. The third kappa shape index (κ3) is 4.72. The Hall–Kier alpha value is -3.32. The summed E-state index contributed by atoms with van der Waals surface area (Å²) in [6, 6.07) is 17.2. The van der Waals surface area contributed by atoms with Gasteiger partial charge >= 0.3 is 12.0 Å². The highest BCUT2D eigenvalue weighted by Crippen LogP contribution is 2.28. The number of hydrogen-bond donors (Lipinski definition) is 2. The van der Waals surface area contributed by atoms with Crippen LogP contribution in [-0.2, 0) is 9.53 Å². The van der Waals surface area contributed by atoms with Gasteiger partial charge in [0.25, 0.3) is 0 Å². The number of esters is 1. The lowest BCUT2D eigenvalue weighted by Gasteiger charge is -2.38. The number of carbonyl (C=O) groups excluding carboxylic acids is 2. The topological polar surface area (TPSA) is 73.9 Å². The summed E-state index contributed by atoms with van der Waals surface area (Å²) in [5, 5.41) is 5.72. The van der Waals surface area contributed by atoms with E-state index in [1.807, 2.05) is 30.3 Å². The average Bonchev–Trinajstić information content (AvgIpc) is 2.79. The quantitative estimate of drug-likeness (QED) is 0.728. The lowest BCUT2D eigenvalue weighted by Crippen LogP contribution is -2.51. The van der Waals surface area contributed by atoms with Crippen LogP contribution in [0.15, 0.2) is 65.9 Å². The maximum absolute atomic E-state index is 12.7. The van der Waals surface area contributed by atoms with Crippen LogP contribution in [0.2, 0.25) is 0 Å². The van der Waals surface area contributed by atoms with Gasteiger partial charge in [-0.25, -0.2) is 9.59 Å². The van der Waals surface area contributed by atoms with Crippen molar-refractivity contribution in [1.29, 1.82) is 0 Å². The molecule has 2 aliphatic heterocycles. The molecule has 0 bridgehead atoms. The number of rotatable bonds is 5. The van der Waals surface area contributed by atoms with Crippen LogP contribution in [0, 0.1) is 6.92 Å². The van der Waals surface area contributed by atoms with Crippen molar-refractivity contribution in [2.24, 2.45) is 0 Å². The first-order valence-corrected chi connectivity index (χ1v) is 10.5. The van der Waals surface area contributed by atoms with Gasteiger partial charge < -0.3 is 20.3 Å². The lowest BCUT2D eigenvalue weighted by atomic mass is 9.95. The van der Waals surface area contributed by atoms with Gasteiger partial charge in [0.15, 0.2) is 0 Å². The molecule has 1 saturated heterocycles. The van der Waals surface area contributed by atoms with E-state index in [2.05, 4.69) is 51.6 Å².